The Morgan fingerprint density at radius 2 is 1.38 bits per heavy atom. The van der Waals surface area contributed by atoms with Crippen molar-refractivity contribution in [3.8, 4) is 0 Å². The first kappa shape index (κ1) is 24.1. The van der Waals surface area contributed by atoms with Crippen LogP contribution in [0, 0.1) is 5.82 Å². The summed E-state index contributed by atoms with van der Waals surface area (Å²) >= 11 is 9.85. The van der Waals surface area contributed by atoms with Crippen LogP contribution in [0.3, 0.4) is 0 Å². The topological polar surface area (TPSA) is 92.2 Å². The number of hydrogen-bond donors (Lipinski definition) is 3. The predicted molar refractivity (Wildman–Crippen MR) is 139 cm³/mol. The number of benzene rings is 3. The van der Waals surface area contributed by atoms with E-state index >= 15 is 0 Å². The lowest BCUT2D eigenvalue weighted by Crippen LogP contribution is -2.36. The average molecular weight is 653 g/mol. The number of halogens is 4. The van der Waals surface area contributed by atoms with E-state index < -0.39 is 23.5 Å². The molecule has 0 atom stereocenters. The van der Waals surface area contributed by atoms with Gasteiger partial charge in [-0.05, 0) is 66.7 Å². The van der Waals surface area contributed by atoms with Crippen molar-refractivity contribution in [3.05, 3.63) is 91.7 Å². The quantitative estimate of drug-likeness (QED) is 0.235. The smallest absolute Gasteiger partial charge is 0.321 e. The van der Waals surface area contributed by atoms with E-state index in [0.29, 0.717) is 21.1 Å². The minimum absolute atomic E-state index is 0.0898. The van der Waals surface area contributed by atoms with Gasteiger partial charge in [-0.3, -0.25) is 19.8 Å². The Bertz CT molecular complexity index is 1440. The summed E-state index contributed by atoms with van der Waals surface area (Å²) in [5.74, 6) is -3.39. The van der Waals surface area contributed by atoms with Crippen LogP contribution in [0.25, 0.3) is 10.9 Å². The molecule has 0 saturated carbocycles. The number of carbonyl (C=O) groups is 3. The molecule has 3 N–H and O–H groups in total. The predicted octanol–water partition coefficient (Wildman–Crippen LogP) is 6.03. The van der Waals surface area contributed by atoms with E-state index in [1.54, 1.807) is 48.5 Å². The lowest BCUT2D eigenvalue weighted by Gasteiger charge is -2.13. The third kappa shape index (κ3) is 5.37. The molecular weight excluding hydrogens is 639 g/mol. The van der Waals surface area contributed by atoms with E-state index in [-0.39, 0.29) is 11.4 Å². The van der Waals surface area contributed by atoms with E-state index in [0.717, 1.165) is 15.0 Å². The van der Waals surface area contributed by atoms with Gasteiger partial charge in [0.2, 0.25) is 0 Å². The summed E-state index contributed by atoms with van der Waals surface area (Å²) in [6, 6.07) is 17.8. The molecule has 0 fully saturated rings. The molecule has 4 rings (SSSR count). The van der Waals surface area contributed by atoms with Crippen LogP contribution < -0.4 is 16.1 Å². The molecule has 0 radical (unpaired) electrons. The summed E-state index contributed by atoms with van der Waals surface area (Å²) < 4.78 is 17.4. The second-order valence-electron chi connectivity index (χ2n) is 7.05. The summed E-state index contributed by atoms with van der Waals surface area (Å²) in [6.07, 6.45) is 0. The van der Waals surface area contributed by atoms with Gasteiger partial charge in [-0.1, -0.05) is 47.8 Å². The molecule has 3 aromatic carbocycles. The van der Waals surface area contributed by atoms with Crippen molar-refractivity contribution in [1.29, 1.82) is 0 Å². The zero-order valence-electron chi connectivity index (χ0n) is 17.0. The van der Waals surface area contributed by atoms with Crippen LogP contribution in [0.1, 0.15) is 10.5 Å². The summed E-state index contributed by atoms with van der Waals surface area (Å²) in [4.78, 5) is 38.1. The highest BCUT2D eigenvalue weighted by Gasteiger charge is 2.22. The number of nitrogens with one attached hydrogen (secondary N) is 3. The second kappa shape index (κ2) is 10.1. The number of rotatable bonds is 4. The van der Waals surface area contributed by atoms with E-state index in [1.165, 1.54) is 16.8 Å². The molecule has 4 aromatic rings. The number of fused-ring (bicyclic) bond motifs is 1. The number of hydrogen-bond acceptors (Lipinski definition) is 3. The van der Waals surface area contributed by atoms with Gasteiger partial charge in [0.1, 0.15) is 11.5 Å². The minimum Gasteiger partial charge on any atom is -0.321 e. The van der Waals surface area contributed by atoms with Gasteiger partial charge in [-0.2, -0.15) is 0 Å². The highest BCUT2D eigenvalue weighted by molar-refractivity contribution is 9.11. The Hall–Kier alpha value is -3.02. The Morgan fingerprint density at radius 1 is 0.735 bits per heavy atom. The van der Waals surface area contributed by atoms with Gasteiger partial charge in [0.15, 0.2) is 0 Å². The summed E-state index contributed by atoms with van der Waals surface area (Å²) in [6.45, 7) is 0. The molecule has 1 heterocycles. The monoisotopic (exact) mass is 650 g/mol. The molecule has 3 amide bonds. The Labute approximate surface area is 218 Å². The number of nitrogens with zero attached hydrogens (tertiary/aromatic N) is 1. The van der Waals surface area contributed by atoms with E-state index in [1.807, 2.05) is 0 Å². The van der Waals surface area contributed by atoms with Gasteiger partial charge in [0.05, 0.1) is 11.2 Å². The number of aromatic nitrogens is 1. The van der Waals surface area contributed by atoms with Gasteiger partial charge >= 0.3 is 11.8 Å². The third-order valence-corrected chi connectivity index (χ3v) is 6.21. The number of carbonyl (C=O) groups excluding carboxylic acids is 3. The van der Waals surface area contributed by atoms with E-state index in [2.05, 4.69) is 63.8 Å². The number of anilines is 2. The van der Waals surface area contributed by atoms with Crippen molar-refractivity contribution in [2.75, 3.05) is 16.1 Å². The van der Waals surface area contributed by atoms with Crippen molar-refractivity contribution in [2.24, 2.45) is 0 Å². The first-order valence-corrected chi connectivity index (χ1v) is 12.0. The van der Waals surface area contributed by atoms with Crippen molar-refractivity contribution in [1.82, 2.24) is 4.68 Å². The van der Waals surface area contributed by atoms with Crippen LogP contribution in [0.2, 0.25) is 0 Å². The standard InChI is InChI=1S/C23H14Br3FN4O3/c24-13-1-5-16(6-2-13)28-21(32)20-10-12-9-14(25)4-8-19(12)31(20)30-23(34)22(33)29-18-7-3-15(26)11-17(18)27/h1-11H,(H,28,32)(H,29,33)(H,30,34). The fourth-order valence-corrected chi connectivity index (χ4v) is 4.10. The molecule has 1 aromatic heterocycles. The van der Waals surface area contributed by atoms with Crippen molar-refractivity contribution >= 4 is 87.8 Å². The Balaban J connectivity index is 1.62. The second-order valence-corrected chi connectivity index (χ2v) is 9.80. The lowest BCUT2D eigenvalue weighted by molar-refractivity contribution is -0.133. The maximum absolute atomic E-state index is 14.1. The normalized spacial score (nSPS) is 10.7. The minimum atomic E-state index is -1.10. The van der Waals surface area contributed by atoms with Gasteiger partial charge < -0.3 is 10.6 Å². The largest absolute Gasteiger partial charge is 0.328 e. The summed E-state index contributed by atoms with van der Waals surface area (Å²) in [5.41, 5.74) is 3.39. The highest BCUT2D eigenvalue weighted by atomic mass is 79.9. The van der Waals surface area contributed by atoms with E-state index in [9.17, 15) is 18.8 Å². The first-order chi connectivity index (χ1) is 16.2. The summed E-state index contributed by atoms with van der Waals surface area (Å²) in [7, 11) is 0. The molecule has 0 unspecified atom stereocenters. The average Bonchev–Trinajstić information content (AvgIpc) is 3.14. The van der Waals surface area contributed by atoms with Crippen LogP contribution in [0.15, 0.2) is 80.1 Å². The van der Waals surface area contributed by atoms with Crippen LogP contribution >= 0.6 is 47.8 Å². The molecule has 0 aliphatic rings. The SMILES string of the molecule is O=C(Nc1ccc(Br)cc1F)C(=O)Nn1c(C(=O)Nc2ccc(Br)cc2)cc2cc(Br)ccc21. The maximum Gasteiger partial charge on any atom is 0.328 e. The molecule has 34 heavy (non-hydrogen) atoms. The lowest BCUT2D eigenvalue weighted by atomic mass is 10.2. The molecule has 0 bridgehead atoms. The fourth-order valence-electron chi connectivity index (χ4n) is 3.12. The third-order valence-electron chi connectivity index (χ3n) is 4.70. The van der Waals surface area contributed by atoms with Crippen LogP contribution in [-0.4, -0.2) is 22.4 Å². The zero-order chi connectivity index (χ0) is 24.4. The molecule has 0 spiro atoms. The number of amides is 3. The van der Waals surface area contributed by atoms with Crippen molar-refractivity contribution < 1.29 is 18.8 Å². The van der Waals surface area contributed by atoms with Crippen LogP contribution in [0.4, 0.5) is 15.8 Å². The zero-order valence-corrected chi connectivity index (χ0v) is 21.8. The Kier molecular flexibility index (Phi) is 7.15. The fraction of sp³-hybridized carbons (Fsp3) is 0. The van der Waals surface area contributed by atoms with Gasteiger partial charge in [-0.15, -0.1) is 0 Å². The first-order valence-electron chi connectivity index (χ1n) is 9.66. The molecule has 7 nitrogen and oxygen atoms in total. The highest BCUT2D eigenvalue weighted by Crippen LogP contribution is 2.24. The molecule has 0 saturated heterocycles. The molecule has 0 aliphatic heterocycles. The molecule has 172 valence electrons. The summed E-state index contributed by atoms with van der Waals surface area (Å²) in [5, 5.41) is 5.63. The maximum atomic E-state index is 14.1. The van der Waals surface area contributed by atoms with Gasteiger partial charge in [-0.25, -0.2) is 9.07 Å². The molecule has 11 heteroatoms. The van der Waals surface area contributed by atoms with Crippen molar-refractivity contribution in [2.45, 2.75) is 0 Å². The Morgan fingerprint density at radius 3 is 2.09 bits per heavy atom. The van der Waals surface area contributed by atoms with Gasteiger partial charge in [0, 0.05) is 24.5 Å². The van der Waals surface area contributed by atoms with Crippen molar-refractivity contribution in [3.63, 3.8) is 0 Å². The van der Waals surface area contributed by atoms with Crippen LogP contribution in [0.5, 0.6) is 0 Å². The molecular formula is C23H14Br3FN4O3. The molecule has 0 aliphatic carbocycles. The van der Waals surface area contributed by atoms with Crippen LogP contribution in [-0.2, 0) is 9.59 Å². The van der Waals surface area contributed by atoms with Gasteiger partial charge in [0.25, 0.3) is 5.91 Å². The van der Waals surface area contributed by atoms with E-state index in [4.69, 9.17) is 0 Å².